The normalized spacial score (nSPS) is 14.1. The van der Waals surface area contributed by atoms with Crippen molar-refractivity contribution in [1.82, 2.24) is 4.57 Å². The second-order valence-corrected chi connectivity index (χ2v) is 5.12. The van der Waals surface area contributed by atoms with E-state index in [0.29, 0.717) is 10.8 Å². The zero-order valence-electron chi connectivity index (χ0n) is 10.3. The summed E-state index contributed by atoms with van der Waals surface area (Å²) in [4.78, 5) is 0. The Kier molecular flexibility index (Phi) is 3.26. The number of aryl methyl sites for hydroxylation is 1. The minimum atomic E-state index is -4.82. The lowest BCUT2D eigenvalue weighted by atomic mass is 9.84. The summed E-state index contributed by atoms with van der Waals surface area (Å²) in [7, 11) is 0.966. The number of nitrogens with zero attached hydrogens (tertiary/aromatic N) is 1. The third-order valence-corrected chi connectivity index (χ3v) is 2.51. The third-order valence-electron chi connectivity index (χ3n) is 2.51. The van der Waals surface area contributed by atoms with E-state index in [1.165, 1.54) is 20.8 Å². The molecule has 0 aliphatic rings. The van der Waals surface area contributed by atoms with Gasteiger partial charge in [0.1, 0.15) is 5.69 Å². The largest absolute Gasteiger partial charge is 0.431 e. The van der Waals surface area contributed by atoms with Gasteiger partial charge in [0.05, 0.1) is 5.56 Å². The van der Waals surface area contributed by atoms with Gasteiger partial charge in [-0.3, -0.25) is 0 Å². The number of halogens is 6. The van der Waals surface area contributed by atoms with Gasteiger partial charge in [0.15, 0.2) is 0 Å². The van der Waals surface area contributed by atoms with Gasteiger partial charge in [0.25, 0.3) is 0 Å². The molecule has 0 aromatic carbocycles. The Labute approximate surface area is 100 Å². The first-order valence-corrected chi connectivity index (χ1v) is 5.10. The maximum Gasteiger partial charge on any atom is 0.431 e. The van der Waals surface area contributed by atoms with Gasteiger partial charge in [-0.05, 0) is 11.0 Å². The smallest absolute Gasteiger partial charge is 0.346 e. The predicted molar refractivity (Wildman–Crippen MR) is 54.1 cm³/mol. The molecule has 1 nitrogen and oxygen atoms in total. The number of alkyl halides is 6. The van der Waals surface area contributed by atoms with Gasteiger partial charge in [-0.1, -0.05) is 20.8 Å². The van der Waals surface area contributed by atoms with E-state index in [2.05, 4.69) is 0 Å². The van der Waals surface area contributed by atoms with Crippen LogP contribution in [0.1, 0.15) is 37.6 Å². The summed E-state index contributed by atoms with van der Waals surface area (Å²) in [6.45, 7) is 3.98. The lowest BCUT2D eigenvalue weighted by Crippen LogP contribution is -2.23. The van der Waals surface area contributed by atoms with Crippen LogP contribution in [0.5, 0.6) is 0 Å². The average Bonchev–Trinajstić information content (AvgIpc) is 2.39. The molecular formula is C11H13F6N. The SMILES string of the molecule is Cn1cc(C(F)(F)F)c(C(C)(C)C)c1C(F)(F)F. The number of aromatic nitrogens is 1. The molecule has 1 aromatic rings. The monoisotopic (exact) mass is 273 g/mol. The molecule has 1 rings (SSSR count). The lowest BCUT2D eigenvalue weighted by Gasteiger charge is -2.24. The fraction of sp³-hybridized carbons (Fsp3) is 0.636. The minimum absolute atomic E-state index is 0.489. The summed E-state index contributed by atoms with van der Waals surface area (Å²) in [5.41, 5.74) is -4.45. The zero-order chi connectivity index (χ0) is 14.5. The van der Waals surface area contributed by atoms with E-state index >= 15 is 0 Å². The summed E-state index contributed by atoms with van der Waals surface area (Å²) < 4.78 is 77.4. The summed E-state index contributed by atoms with van der Waals surface area (Å²) in [5, 5.41) is 0. The fourth-order valence-corrected chi connectivity index (χ4v) is 1.94. The first-order chi connectivity index (χ1) is 7.76. The molecule has 0 bridgehead atoms. The highest BCUT2D eigenvalue weighted by atomic mass is 19.4. The number of hydrogen-bond donors (Lipinski definition) is 0. The van der Waals surface area contributed by atoms with E-state index in [1.807, 2.05) is 0 Å². The summed E-state index contributed by atoms with van der Waals surface area (Å²) in [6, 6.07) is 0. The van der Waals surface area contributed by atoms with Crippen LogP contribution in [0.3, 0.4) is 0 Å². The van der Waals surface area contributed by atoms with Gasteiger partial charge in [-0.2, -0.15) is 26.3 Å². The van der Waals surface area contributed by atoms with Crippen LogP contribution in [-0.4, -0.2) is 4.57 Å². The predicted octanol–water partition coefficient (Wildman–Crippen LogP) is 4.36. The molecule has 0 unspecified atom stereocenters. The number of rotatable bonds is 0. The molecule has 0 aliphatic heterocycles. The summed E-state index contributed by atoms with van der Waals surface area (Å²) in [6.07, 6.45) is -9.13. The Bertz CT molecular complexity index is 444. The van der Waals surface area contributed by atoms with Crippen molar-refractivity contribution in [3.05, 3.63) is 23.0 Å². The van der Waals surface area contributed by atoms with Gasteiger partial charge in [0.2, 0.25) is 0 Å². The molecule has 0 spiro atoms. The van der Waals surface area contributed by atoms with Crippen molar-refractivity contribution < 1.29 is 26.3 Å². The molecule has 18 heavy (non-hydrogen) atoms. The van der Waals surface area contributed by atoms with Crippen LogP contribution < -0.4 is 0 Å². The van der Waals surface area contributed by atoms with E-state index in [-0.39, 0.29) is 0 Å². The van der Waals surface area contributed by atoms with Crippen molar-refractivity contribution in [2.24, 2.45) is 7.05 Å². The summed E-state index contributed by atoms with van der Waals surface area (Å²) >= 11 is 0. The van der Waals surface area contributed by atoms with Gasteiger partial charge >= 0.3 is 12.4 Å². The van der Waals surface area contributed by atoms with Crippen molar-refractivity contribution in [1.29, 1.82) is 0 Å². The van der Waals surface area contributed by atoms with Crippen molar-refractivity contribution in [3.8, 4) is 0 Å². The molecular weight excluding hydrogens is 260 g/mol. The molecule has 0 atom stereocenters. The van der Waals surface area contributed by atoms with Crippen LogP contribution >= 0.6 is 0 Å². The van der Waals surface area contributed by atoms with E-state index in [9.17, 15) is 26.3 Å². The summed E-state index contributed by atoms with van der Waals surface area (Å²) in [5.74, 6) is 0. The van der Waals surface area contributed by atoms with Crippen molar-refractivity contribution >= 4 is 0 Å². The topological polar surface area (TPSA) is 4.93 Å². The van der Waals surface area contributed by atoms with Crippen LogP contribution in [0.2, 0.25) is 0 Å². The molecule has 0 N–H and O–H groups in total. The van der Waals surface area contributed by atoms with E-state index < -0.39 is 34.6 Å². The van der Waals surface area contributed by atoms with E-state index in [1.54, 1.807) is 0 Å². The molecule has 1 heterocycles. The second kappa shape index (κ2) is 3.93. The highest BCUT2D eigenvalue weighted by molar-refractivity contribution is 5.41. The standard InChI is InChI=1S/C11H13F6N/c1-9(2,3)7-6(10(12,13)14)5-18(4)8(7)11(15,16)17/h5H,1-4H3. The fourth-order valence-electron chi connectivity index (χ4n) is 1.94. The van der Waals surface area contributed by atoms with Crippen molar-refractivity contribution in [2.75, 3.05) is 0 Å². The molecule has 0 radical (unpaired) electrons. The maximum atomic E-state index is 12.9. The van der Waals surface area contributed by atoms with Crippen LogP contribution in [0.15, 0.2) is 6.20 Å². The number of hydrogen-bond acceptors (Lipinski definition) is 0. The van der Waals surface area contributed by atoms with Crippen LogP contribution in [0, 0.1) is 0 Å². The quantitative estimate of drug-likeness (QED) is 0.619. The first-order valence-electron chi connectivity index (χ1n) is 5.10. The molecule has 1 aromatic heterocycles. The van der Waals surface area contributed by atoms with E-state index in [0.717, 1.165) is 7.05 Å². The van der Waals surface area contributed by atoms with E-state index in [4.69, 9.17) is 0 Å². The molecule has 0 saturated heterocycles. The zero-order valence-corrected chi connectivity index (χ0v) is 10.3. The van der Waals surface area contributed by atoms with Gasteiger partial charge in [0, 0.05) is 13.2 Å². The van der Waals surface area contributed by atoms with Crippen LogP contribution in [0.25, 0.3) is 0 Å². The molecule has 0 amide bonds. The Morgan fingerprint density at radius 3 is 1.61 bits per heavy atom. The Morgan fingerprint density at radius 1 is 0.889 bits per heavy atom. The highest BCUT2D eigenvalue weighted by Crippen LogP contribution is 2.45. The van der Waals surface area contributed by atoms with Crippen LogP contribution in [-0.2, 0) is 24.8 Å². The third kappa shape index (κ3) is 2.64. The molecule has 0 saturated carbocycles. The molecule has 104 valence electrons. The van der Waals surface area contributed by atoms with Gasteiger partial charge in [-0.15, -0.1) is 0 Å². The Morgan fingerprint density at radius 2 is 1.33 bits per heavy atom. The average molecular weight is 273 g/mol. The first kappa shape index (κ1) is 14.9. The van der Waals surface area contributed by atoms with Crippen LogP contribution in [0.4, 0.5) is 26.3 Å². The lowest BCUT2D eigenvalue weighted by molar-refractivity contribution is -0.145. The van der Waals surface area contributed by atoms with Crippen molar-refractivity contribution in [3.63, 3.8) is 0 Å². The van der Waals surface area contributed by atoms with Crippen molar-refractivity contribution in [2.45, 2.75) is 38.5 Å². The molecule has 0 aliphatic carbocycles. The minimum Gasteiger partial charge on any atom is -0.346 e. The highest BCUT2D eigenvalue weighted by Gasteiger charge is 2.46. The molecule has 0 fully saturated rings. The maximum absolute atomic E-state index is 12.9. The Balaban J connectivity index is 3.70. The molecule has 7 heteroatoms. The van der Waals surface area contributed by atoms with Gasteiger partial charge in [-0.25, -0.2) is 0 Å². The second-order valence-electron chi connectivity index (χ2n) is 5.12. The van der Waals surface area contributed by atoms with Gasteiger partial charge < -0.3 is 4.57 Å². The Hall–Kier alpha value is -1.14.